The molecule has 2 heterocycles. The maximum Gasteiger partial charge on any atom is 0.272 e. The first-order valence-electron chi connectivity index (χ1n) is 5.61. The maximum absolute atomic E-state index is 13.4. The minimum Gasteiger partial charge on any atom is -0.267 e. The van der Waals surface area contributed by atoms with Crippen molar-refractivity contribution in [3.63, 3.8) is 0 Å². The number of aryl methyl sites for hydroxylation is 1. The van der Waals surface area contributed by atoms with Gasteiger partial charge in [-0.25, -0.2) is 13.9 Å². The van der Waals surface area contributed by atoms with Crippen molar-refractivity contribution < 1.29 is 8.78 Å². The number of hydrogen-bond donors (Lipinski definition) is 1. The van der Waals surface area contributed by atoms with E-state index in [1.165, 1.54) is 11.3 Å². The predicted molar refractivity (Wildman–Crippen MR) is 78.0 cm³/mol. The predicted octanol–water partition coefficient (Wildman–Crippen LogP) is 4.00. The Hall–Kier alpha value is -1.60. The number of halogens is 3. The lowest BCUT2D eigenvalue weighted by Gasteiger charge is -2.03. The number of nitrogens with zero attached hydrogens (tertiary/aromatic N) is 1. The zero-order valence-corrected chi connectivity index (χ0v) is 12.5. The third-order valence-electron chi connectivity index (χ3n) is 2.92. The highest BCUT2D eigenvalue weighted by atomic mass is 79.9. The van der Waals surface area contributed by atoms with Crippen molar-refractivity contribution in [2.45, 2.75) is 6.92 Å². The van der Waals surface area contributed by atoms with Gasteiger partial charge in [-0.2, -0.15) is 5.10 Å². The molecule has 7 heteroatoms. The van der Waals surface area contributed by atoms with E-state index in [2.05, 4.69) is 26.1 Å². The second kappa shape index (κ2) is 4.75. The number of thiophene rings is 1. The molecule has 3 aromatic rings. The van der Waals surface area contributed by atoms with Crippen LogP contribution in [0.15, 0.2) is 27.5 Å². The lowest BCUT2D eigenvalue weighted by Crippen LogP contribution is -2.10. The lowest BCUT2D eigenvalue weighted by molar-refractivity contribution is 0.511. The van der Waals surface area contributed by atoms with Gasteiger partial charge in [0.15, 0.2) is 11.6 Å². The Morgan fingerprint density at radius 3 is 2.45 bits per heavy atom. The molecule has 0 bridgehead atoms. The van der Waals surface area contributed by atoms with Crippen LogP contribution in [-0.2, 0) is 0 Å². The molecule has 1 N–H and O–H groups in total. The molecule has 0 aliphatic rings. The molecule has 0 unspecified atom stereocenters. The van der Waals surface area contributed by atoms with Crippen LogP contribution in [0, 0.1) is 18.6 Å². The van der Waals surface area contributed by atoms with Gasteiger partial charge >= 0.3 is 0 Å². The Kier molecular flexibility index (Phi) is 3.18. The molecular formula is C13H7BrF2N2OS. The van der Waals surface area contributed by atoms with Crippen LogP contribution in [0.3, 0.4) is 0 Å². The van der Waals surface area contributed by atoms with Crippen LogP contribution in [0.25, 0.3) is 21.3 Å². The van der Waals surface area contributed by atoms with Crippen LogP contribution in [0.1, 0.15) is 4.88 Å². The average Bonchev–Trinajstić information content (AvgIpc) is 2.72. The van der Waals surface area contributed by atoms with Crippen LogP contribution in [-0.4, -0.2) is 10.2 Å². The van der Waals surface area contributed by atoms with Gasteiger partial charge < -0.3 is 0 Å². The molecule has 0 saturated heterocycles. The molecule has 0 amide bonds. The number of H-pyrrole nitrogens is 1. The van der Waals surface area contributed by atoms with Crippen LogP contribution in [0.2, 0.25) is 0 Å². The molecule has 1 aromatic carbocycles. The van der Waals surface area contributed by atoms with Crippen molar-refractivity contribution in [3.05, 3.63) is 49.5 Å². The molecule has 2 aromatic heterocycles. The van der Waals surface area contributed by atoms with Crippen LogP contribution in [0.5, 0.6) is 0 Å². The Labute approximate surface area is 124 Å². The topological polar surface area (TPSA) is 45.8 Å². The van der Waals surface area contributed by atoms with E-state index in [0.29, 0.717) is 11.1 Å². The van der Waals surface area contributed by atoms with Crippen molar-refractivity contribution in [1.82, 2.24) is 10.2 Å². The Morgan fingerprint density at radius 2 is 1.85 bits per heavy atom. The van der Waals surface area contributed by atoms with Gasteiger partial charge in [-0.1, -0.05) is 0 Å². The summed E-state index contributed by atoms with van der Waals surface area (Å²) in [4.78, 5) is 13.5. The SMILES string of the molecule is Cc1sc(-c2n[nH]c(=O)c3cc(F)c(F)cc23)cc1Br. The van der Waals surface area contributed by atoms with Crippen molar-refractivity contribution >= 4 is 38.0 Å². The standard InChI is InChI=1S/C13H7BrF2N2OS/c1-5-8(14)4-11(20-5)12-6-2-9(15)10(16)3-7(6)13(19)18-17-12/h2-4H,1H3,(H,18,19). The minimum atomic E-state index is -1.05. The fourth-order valence-electron chi connectivity index (χ4n) is 1.92. The molecule has 3 nitrogen and oxygen atoms in total. The molecule has 102 valence electrons. The molecular weight excluding hydrogens is 350 g/mol. The molecule has 0 atom stereocenters. The summed E-state index contributed by atoms with van der Waals surface area (Å²) in [6, 6.07) is 3.73. The van der Waals surface area contributed by atoms with E-state index in [4.69, 9.17) is 0 Å². The normalized spacial score (nSPS) is 11.2. The molecule has 0 spiro atoms. The van der Waals surface area contributed by atoms with Gasteiger partial charge in [0.2, 0.25) is 0 Å². The fraction of sp³-hybridized carbons (Fsp3) is 0.0769. The van der Waals surface area contributed by atoms with Gasteiger partial charge in [-0.15, -0.1) is 11.3 Å². The van der Waals surface area contributed by atoms with E-state index in [-0.39, 0.29) is 5.39 Å². The van der Waals surface area contributed by atoms with E-state index < -0.39 is 17.2 Å². The Morgan fingerprint density at radius 1 is 1.20 bits per heavy atom. The largest absolute Gasteiger partial charge is 0.272 e. The fourth-order valence-corrected chi connectivity index (χ4v) is 3.46. The number of aromatic amines is 1. The summed E-state index contributed by atoms with van der Waals surface area (Å²) in [5.74, 6) is -2.05. The first-order valence-corrected chi connectivity index (χ1v) is 7.22. The maximum atomic E-state index is 13.4. The first-order chi connectivity index (χ1) is 9.47. The summed E-state index contributed by atoms with van der Waals surface area (Å²) in [5.41, 5.74) is -0.118. The van der Waals surface area contributed by atoms with Gasteiger partial charge in [0.05, 0.1) is 10.3 Å². The summed E-state index contributed by atoms with van der Waals surface area (Å²) < 4.78 is 27.6. The highest BCUT2D eigenvalue weighted by Crippen LogP contribution is 2.35. The number of rotatable bonds is 1. The molecule has 0 radical (unpaired) electrons. The summed E-state index contributed by atoms with van der Waals surface area (Å²) in [7, 11) is 0. The van der Waals surface area contributed by atoms with E-state index >= 15 is 0 Å². The Balaban J connectivity index is 2.39. The number of aromatic nitrogens is 2. The van der Waals surface area contributed by atoms with E-state index in [1.54, 1.807) is 0 Å². The van der Waals surface area contributed by atoms with E-state index in [9.17, 15) is 13.6 Å². The number of benzene rings is 1. The van der Waals surface area contributed by atoms with Crippen molar-refractivity contribution in [2.24, 2.45) is 0 Å². The van der Waals surface area contributed by atoms with E-state index in [0.717, 1.165) is 26.4 Å². The lowest BCUT2D eigenvalue weighted by atomic mass is 10.1. The quantitative estimate of drug-likeness (QED) is 0.716. The second-order valence-electron chi connectivity index (χ2n) is 4.23. The molecule has 3 rings (SSSR count). The average molecular weight is 357 g/mol. The molecule has 0 aliphatic heterocycles. The zero-order chi connectivity index (χ0) is 14.4. The van der Waals surface area contributed by atoms with Gasteiger partial charge in [-0.3, -0.25) is 4.79 Å². The second-order valence-corrected chi connectivity index (χ2v) is 6.34. The smallest absolute Gasteiger partial charge is 0.267 e. The summed E-state index contributed by atoms with van der Waals surface area (Å²) >= 11 is 4.85. The van der Waals surface area contributed by atoms with Gasteiger partial charge in [-0.05, 0) is 41.1 Å². The first kappa shape index (κ1) is 13.4. The van der Waals surface area contributed by atoms with E-state index in [1.807, 2.05) is 13.0 Å². The third kappa shape index (κ3) is 2.06. The van der Waals surface area contributed by atoms with Crippen molar-refractivity contribution in [2.75, 3.05) is 0 Å². The number of nitrogens with one attached hydrogen (secondary N) is 1. The van der Waals surface area contributed by atoms with Gasteiger partial charge in [0.25, 0.3) is 5.56 Å². The summed E-state index contributed by atoms with van der Waals surface area (Å²) in [6.07, 6.45) is 0. The van der Waals surface area contributed by atoms with Crippen LogP contribution < -0.4 is 5.56 Å². The Bertz CT molecular complexity index is 868. The van der Waals surface area contributed by atoms with Gasteiger partial charge in [0, 0.05) is 14.7 Å². The summed E-state index contributed by atoms with van der Waals surface area (Å²) in [6.45, 7) is 1.92. The molecule has 0 aliphatic carbocycles. The molecule has 0 fully saturated rings. The summed E-state index contributed by atoms with van der Waals surface area (Å²) in [5, 5.41) is 6.65. The zero-order valence-electron chi connectivity index (χ0n) is 10.1. The van der Waals surface area contributed by atoms with Crippen molar-refractivity contribution in [3.8, 4) is 10.6 Å². The van der Waals surface area contributed by atoms with Crippen molar-refractivity contribution in [1.29, 1.82) is 0 Å². The molecule has 20 heavy (non-hydrogen) atoms. The highest BCUT2D eigenvalue weighted by Gasteiger charge is 2.15. The van der Waals surface area contributed by atoms with Crippen LogP contribution in [0.4, 0.5) is 8.78 Å². The molecule has 0 saturated carbocycles. The number of fused-ring (bicyclic) bond motifs is 1. The minimum absolute atomic E-state index is 0.0797. The van der Waals surface area contributed by atoms with Crippen LogP contribution >= 0.6 is 27.3 Å². The highest BCUT2D eigenvalue weighted by molar-refractivity contribution is 9.10. The third-order valence-corrected chi connectivity index (χ3v) is 5.06. The number of hydrogen-bond acceptors (Lipinski definition) is 3. The monoisotopic (exact) mass is 356 g/mol. The van der Waals surface area contributed by atoms with Gasteiger partial charge in [0.1, 0.15) is 5.69 Å².